The first-order chi connectivity index (χ1) is 10.8. The number of hydrogen-bond donors (Lipinski definition) is 2. The van der Waals surface area contributed by atoms with Gasteiger partial charge in [-0.3, -0.25) is 0 Å². The van der Waals surface area contributed by atoms with E-state index in [1.807, 2.05) is 12.1 Å². The summed E-state index contributed by atoms with van der Waals surface area (Å²) in [7, 11) is 0. The van der Waals surface area contributed by atoms with Crippen LogP contribution < -0.4 is 10.6 Å². The quantitative estimate of drug-likeness (QED) is 0.411. The molecular formula is C17H28IN3O2. The maximum atomic E-state index is 5.91. The predicted octanol–water partition coefficient (Wildman–Crippen LogP) is 3.30. The molecule has 0 saturated heterocycles. The fourth-order valence-corrected chi connectivity index (χ4v) is 3.69. The van der Waals surface area contributed by atoms with Crippen molar-refractivity contribution < 1.29 is 9.15 Å². The molecule has 1 spiro atoms. The third kappa shape index (κ3) is 3.84. The highest BCUT2D eigenvalue weighted by atomic mass is 127. The van der Waals surface area contributed by atoms with Gasteiger partial charge >= 0.3 is 0 Å². The van der Waals surface area contributed by atoms with Gasteiger partial charge in [0.05, 0.1) is 12.4 Å². The third-order valence-corrected chi connectivity index (χ3v) is 5.07. The van der Waals surface area contributed by atoms with Crippen LogP contribution in [0.3, 0.4) is 0 Å². The number of guanidine groups is 1. The second kappa shape index (κ2) is 8.37. The molecule has 2 saturated carbocycles. The van der Waals surface area contributed by atoms with Gasteiger partial charge in [-0.25, -0.2) is 4.99 Å². The molecule has 6 heteroatoms. The number of furan rings is 1. The maximum Gasteiger partial charge on any atom is 0.191 e. The van der Waals surface area contributed by atoms with Crippen LogP contribution in [0.25, 0.3) is 0 Å². The summed E-state index contributed by atoms with van der Waals surface area (Å²) in [5, 5.41) is 6.95. The molecule has 5 nitrogen and oxygen atoms in total. The second-order valence-corrected chi connectivity index (χ2v) is 6.24. The van der Waals surface area contributed by atoms with E-state index in [1.54, 1.807) is 6.26 Å². The van der Waals surface area contributed by atoms with Crippen molar-refractivity contribution in [3.05, 3.63) is 24.2 Å². The fraction of sp³-hybridized carbons (Fsp3) is 0.706. The topological polar surface area (TPSA) is 58.8 Å². The minimum Gasteiger partial charge on any atom is -0.467 e. The Bertz CT molecular complexity index is 500. The average molecular weight is 433 g/mol. The van der Waals surface area contributed by atoms with Crippen molar-refractivity contribution in [1.29, 1.82) is 0 Å². The van der Waals surface area contributed by atoms with Gasteiger partial charge in [0.15, 0.2) is 5.96 Å². The molecule has 2 unspecified atom stereocenters. The summed E-state index contributed by atoms with van der Waals surface area (Å²) < 4.78 is 11.3. The van der Waals surface area contributed by atoms with E-state index in [0.29, 0.717) is 24.1 Å². The minimum absolute atomic E-state index is 0. The first-order valence-electron chi connectivity index (χ1n) is 8.47. The Morgan fingerprint density at radius 1 is 1.43 bits per heavy atom. The molecule has 2 aliphatic rings. The smallest absolute Gasteiger partial charge is 0.191 e. The van der Waals surface area contributed by atoms with Crippen molar-refractivity contribution in [2.45, 2.75) is 58.2 Å². The molecule has 23 heavy (non-hydrogen) atoms. The van der Waals surface area contributed by atoms with Gasteiger partial charge in [-0.05, 0) is 45.2 Å². The normalized spacial score (nSPS) is 25.2. The lowest BCUT2D eigenvalue weighted by molar-refractivity contribution is -0.168. The van der Waals surface area contributed by atoms with Crippen molar-refractivity contribution in [2.24, 2.45) is 10.4 Å². The number of halogens is 1. The first-order valence-corrected chi connectivity index (χ1v) is 8.47. The molecule has 2 N–H and O–H groups in total. The molecule has 2 aliphatic carbocycles. The Hall–Kier alpha value is -0.760. The van der Waals surface area contributed by atoms with Gasteiger partial charge in [0.2, 0.25) is 0 Å². The van der Waals surface area contributed by atoms with Gasteiger partial charge in [0.1, 0.15) is 12.3 Å². The van der Waals surface area contributed by atoms with Crippen molar-refractivity contribution in [3.8, 4) is 0 Å². The van der Waals surface area contributed by atoms with Crippen molar-refractivity contribution in [2.75, 3.05) is 13.2 Å². The average Bonchev–Trinajstić information content (AvgIpc) is 2.95. The van der Waals surface area contributed by atoms with Crippen LogP contribution >= 0.6 is 24.0 Å². The molecule has 2 atom stereocenters. The number of aliphatic imine (C=N–C) groups is 1. The van der Waals surface area contributed by atoms with Crippen LogP contribution in [0.2, 0.25) is 0 Å². The highest BCUT2D eigenvalue weighted by Crippen LogP contribution is 2.57. The Balaban J connectivity index is 0.00000192. The predicted molar refractivity (Wildman–Crippen MR) is 102 cm³/mol. The Kier molecular flexibility index (Phi) is 6.76. The van der Waals surface area contributed by atoms with Crippen LogP contribution in [-0.4, -0.2) is 31.3 Å². The van der Waals surface area contributed by atoms with Gasteiger partial charge in [0.25, 0.3) is 0 Å². The number of rotatable bonds is 6. The van der Waals surface area contributed by atoms with Crippen molar-refractivity contribution >= 4 is 29.9 Å². The summed E-state index contributed by atoms with van der Waals surface area (Å²) in [5.74, 6) is 1.77. The largest absolute Gasteiger partial charge is 0.467 e. The molecule has 1 aromatic rings. The zero-order valence-corrected chi connectivity index (χ0v) is 16.3. The Labute approximate surface area is 155 Å². The van der Waals surface area contributed by atoms with E-state index in [0.717, 1.165) is 31.3 Å². The number of nitrogens with zero attached hydrogens (tertiary/aromatic N) is 1. The third-order valence-electron chi connectivity index (χ3n) is 5.07. The van der Waals surface area contributed by atoms with Crippen molar-refractivity contribution in [1.82, 2.24) is 10.6 Å². The van der Waals surface area contributed by atoms with Crippen LogP contribution in [0.5, 0.6) is 0 Å². The van der Waals surface area contributed by atoms with Crippen LogP contribution in [-0.2, 0) is 11.3 Å². The SMILES string of the molecule is CCNC(=NCc1ccco1)NC1CC(OCC)C12CCC2.I. The number of ether oxygens (including phenoxy) is 1. The van der Waals surface area contributed by atoms with Gasteiger partial charge in [-0.1, -0.05) is 6.42 Å². The van der Waals surface area contributed by atoms with E-state index < -0.39 is 0 Å². The zero-order chi connectivity index (χ0) is 15.4. The van der Waals surface area contributed by atoms with Gasteiger partial charge in [0, 0.05) is 24.6 Å². The summed E-state index contributed by atoms with van der Waals surface area (Å²) in [6.07, 6.45) is 7.06. The van der Waals surface area contributed by atoms with Gasteiger partial charge < -0.3 is 19.8 Å². The van der Waals surface area contributed by atoms with Crippen LogP contribution in [0.15, 0.2) is 27.8 Å². The molecule has 0 aromatic carbocycles. The lowest BCUT2D eigenvalue weighted by Crippen LogP contribution is -2.68. The summed E-state index contributed by atoms with van der Waals surface area (Å²) >= 11 is 0. The highest BCUT2D eigenvalue weighted by Gasteiger charge is 2.59. The van der Waals surface area contributed by atoms with Gasteiger partial charge in [-0.15, -0.1) is 24.0 Å². The maximum absolute atomic E-state index is 5.91. The molecular weight excluding hydrogens is 405 g/mol. The molecule has 1 heterocycles. The van der Waals surface area contributed by atoms with E-state index >= 15 is 0 Å². The monoisotopic (exact) mass is 433 g/mol. The molecule has 0 amide bonds. The number of nitrogens with one attached hydrogen (secondary N) is 2. The lowest BCUT2D eigenvalue weighted by Gasteiger charge is -2.61. The Morgan fingerprint density at radius 2 is 2.26 bits per heavy atom. The zero-order valence-electron chi connectivity index (χ0n) is 14.0. The Morgan fingerprint density at radius 3 is 2.83 bits per heavy atom. The fourth-order valence-electron chi connectivity index (χ4n) is 3.69. The number of hydrogen-bond acceptors (Lipinski definition) is 3. The van der Waals surface area contributed by atoms with Gasteiger partial charge in [-0.2, -0.15) is 0 Å². The molecule has 1 aromatic heterocycles. The van der Waals surface area contributed by atoms with Crippen molar-refractivity contribution in [3.63, 3.8) is 0 Å². The highest BCUT2D eigenvalue weighted by molar-refractivity contribution is 14.0. The summed E-state index contributed by atoms with van der Waals surface area (Å²) in [6.45, 7) is 6.41. The summed E-state index contributed by atoms with van der Waals surface area (Å²) in [6, 6.07) is 4.33. The van der Waals surface area contributed by atoms with E-state index in [2.05, 4.69) is 29.5 Å². The van der Waals surface area contributed by atoms with E-state index in [9.17, 15) is 0 Å². The minimum atomic E-state index is 0. The van der Waals surface area contributed by atoms with Crippen LogP contribution in [0.1, 0.15) is 45.3 Å². The van der Waals surface area contributed by atoms with E-state index in [4.69, 9.17) is 9.15 Å². The second-order valence-electron chi connectivity index (χ2n) is 6.24. The molecule has 2 fully saturated rings. The lowest BCUT2D eigenvalue weighted by atomic mass is 9.51. The summed E-state index contributed by atoms with van der Waals surface area (Å²) in [4.78, 5) is 4.63. The summed E-state index contributed by atoms with van der Waals surface area (Å²) in [5.41, 5.74) is 0.344. The molecule has 0 radical (unpaired) electrons. The van der Waals surface area contributed by atoms with Crippen LogP contribution in [0, 0.1) is 5.41 Å². The molecule has 130 valence electrons. The first kappa shape index (κ1) is 18.6. The molecule has 0 bridgehead atoms. The standard InChI is InChI=1S/C17H27N3O2.HI/c1-3-18-16(19-12-13-7-5-10-22-13)20-14-11-15(21-4-2)17(14)8-6-9-17;/h5,7,10,14-15H,3-4,6,8-9,11-12H2,1-2H3,(H2,18,19,20);1H. The van der Waals surface area contributed by atoms with E-state index in [-0.39, 0.29) is 24.0 Å². The molecule has 0 aliphatic heterocycles. The molecule has 3 rings (SSSR count). The van der Waals surface area contributed by atoms with E-state index in [1.165, 1.54) is 19.3 Å². The van der Waals surface area contributed by atoms with Crippen LogP contribution in [0.4, 0.5) is 0 Å².